The monoisotopic (exact) mass is 457 g/mol. The number of hydrogen-bond donors (Lipinski definition) is 1. The molecule has 3 aromatic rings. The number of carbonyl (C=O) groups excluding carboxylic acids is 2. The minimum absolute atomic E-state index is 0.173. The lowest BCUT2D eigenvalue weighted by Gasteiger charge is -2.18. The quantitative estimate of drug-likeness (QED) is 0.422. The molecule has 3 aromatic carbocycles. The number of nitrogens with zero attached hydrogens (tertiary/aromatic N) is 2. The normalized spacial score (nSPS) is 16.9. The van der Waals surface area contributed by atoms with Gasteiger partial charge in [0.15, 0.2) is 0 Å². The molecule has 1 fully saturated rings. The summed E-state index contributed by atoms with van der Waals surface area (Å²) in [5.74, 6) is -1.28. The smallest absolute Gasteiger partial charge is 0.269 e. The van der Waals surface area contributed by atoms with Gasteiger partial charge in [0.25, 0.3) is 5.91 Å². The third kappa shape index (κ3) is 4.97. The van der Waals surface area contributed by atoms with E-state index in [1.165, 1.54) is 40.9 Å². The van der Waals surface area contributed by atoms with Gasteiger partial charge in [-0.15, -0.1) is 0 Å². The Labute approximate surface area is 195 Å². The van der Waals surface area contributed by atoms with E-state index >= 15 is 0 Å². The van der Waals surface area contributed by atoms with Crippen LogP contribution in [0.15, 0.2) is 89.5 Å². The molecule has 1 saturated heterocycles. The van der Waals surface area contributed by atoms with Crippen LogP contribution in [-0.4, -0.2) is 17.1 Å². The first-order valence-corrected chi connectivity index (χ1v) is 11.2. The predicted molar refractivity (Wildman–Crippen MR) is 128 cm³/mol. The van der Waals surface area contributed by atoms with E-state index in [4.69, 9.17) is 0 Å². The van der Waals surface area contributed by atoms with E-state index in [0.717, 1.165) is 11.1 Å². The maximum atomic E-state index is 13.4. The number of amides is 2. The molecule has 33 heavy (non-hydrogen) atoms. The van der Waals surface area contributed by atoms with E-state index in [-0.39, 0.29) is 16.5 Å². The number of hydrogen-bond acceptors (Lipinski definition) is 4. The van der Waals surface area contributed by atoms with Crippen molar-refractivity contribution < 1.29 is 14.0 Å². The molecule has 4 rings (SSSR count). The molecular formula is C26H20FN3O2S. The summed E-state index contributed by atoms with van der Waals surface area (Å²) in [6.45, 7) is 2.00. The van der Waals surface area contributed by atoms with Crippen LogP contribution < -0.4 is 10.2 Å². The molecule has 1 N–H and O–H groups in total. The lowest BCUT2D eigenvalue weighted by Crippen LogP contribution is -2.30. The van der Waals surface area contributed by atoms with Gasteiger partial charge in [-0.1, -0.05) is 59.8 Å². The van der Waals surface area contributed by atoms with Gasteiger partial charge in [0.2, 0.25) is 5.91 Å². The summed E-state index contributed by atoms with van der Waals surface area (Å²) in [5.41, 5.74) is 2.88. The molecule has 7 heteroatoms. The Morgan fingerprint density at radius 1 is 1.06 bits per heavy atom. The summed E-state index contributed by atoms with van der Waals surface area (Å²) in [6, 6.07) is 24.1. The van der Waals surface area contributed by atoms with Crippen LogP contribution in [0.25, 0.3) is 0 Å². The first-order chi connectivity index (χ1) is 16.0. The molecule has 0 saturated carbocycles. The van der Waals surface area contributed by atoms with Gasteiger partial charge in [-0.05, 0) is 55.3 Å². The average molecular weight is 458 g/mol. The SMILES string of the molecule is Cc1ccc(CC2S/C(=C(/C#N)C(=O)Nc3ccc(F)cc3)N(c3ccccc3)C2=O)cc1. The predicted octanol–water partition coefficient (Wildman–Crippen LogP) is 5.20. The minimum Gasteiger partial charge on any atom is -0.321 e. The van der Waals surface area contributed by atoms with Crippen LogP contribution in [-0.2, 0) is 16.0 Å². The molecule has 0 aromatic heterocycles. The fraction of sp³-hybridized carbons (Fsp3) is 0.115. The topological polar surface area (TPSA) is 73.2 Å². The van der Waals surface area contributed by atoms with Crippen molar-refractivity contribution in [2.24, 2.45) is 0 Å². The van der Waals surface area contributed by atoms with Crippen molar-refractivity contribution >= 4 is 35.0 Å². The summed E-state index contributed by atoms with van der Waals surface area (Å²) in [7, 11) is 0. The number of thioether (sulfide) groups is 1. The summed E-state index contributed by atoms with van der Waals surface area (Å²) >= 11 is 1.21. The van der Waals surface area contributed by atoms with Crippen LogP contribution in [0.3, 0.4) is 0 Å². The first kappa shape index (κ1) is 22.3. The Morgan fingerprint density at radius 3 is 2.36 bits per heavy atom. The van der Waals surface area contributed by atoms with Gasteiger partial charge in [-0.3, -0.25) is 14.5 Å². The van der Waals surface area contributed by atoms with Crippen LogP contribution in [0.2, 0.25) is 0 Å². The van der Waals surface area contributed by atoms with Crippen molar-refractivity contribution in [1.82, 2.24) is 0 Å². The van der Waals surface area contributed by atoms with Crippen LogP contribution in [0.5, 0.6) is 0 Å². The van der Waals surface area contributed by atoms with Crippen LogP contribution in [0.1, 0.15) is 11.1 Å². The summed E-state index contributed by atoms with van der Waals surface area (Å²) in [6.07, 6.45) is 0.467. The van der Waals surface area contributed by atoms with E-state index in [1.807, 2.05) is 43.3 Å². The van der Waals surface area contributed by atoms with Gasteiger partial charge in [-0.25, -0.2) is 4.39 Å². The molecule has 5 nitrogen and oxygen atoms in total. The number of nitrogens with one attached hydrogen (secondary N) is 1. The summed E-state index contributed by atoms with van der Waals surface area (Å²) < 4.78 is 13.2. The number of benzene rings is 3. The van der Waals surface area contributed by atoms with Crippen LogP contribution in [0, 0.1) is 24.1 Å². The molecule has 0 aliphatic carbocycles. The summed E-state index contributed by atoms with van der Waals surface area (Å²) in [4.78, 5) is 27.8. The molecule has 2 amide bonds. The molecule has 1 aliphatic rings. The average Bonchev–Trinajstić information content (AvgIpc) is 3.13. The Hall–Kier alpha value is -3.89. The van der Waals surface area contributed by atoms with Gasteiger partial charge in [0, 0.05) is 11.4 Å². The zero-order chi connectivity index (χ0) is 23.4. The molecular weight excluding hydrogens is 437 g/mol. The third-order valence-electron chi connectivity index (χ3n) is 5.16. The second-order valence-electron chi connectivity index (χ2n) is 7.56. The molecule has 1 atom stereocenters. The molecule has 164 valence electrons. The number of aryl methyl sites for hydroxylation is 1. The highest BCUT2D eigenvalue weighted by atomic mass is 32.2. The van der Waals surface area contributed by atoms with E-state index in [9.17, 15) is 19.2 Å². The maximum Gasteiger partial charge on any atom is 0.269 e. The van der Waals surface area contributed by atoms with E-state index in [1.54, 1.807) is 24.3 Å². The maximum absolute atomic E-state index is 13.4. The Balaban J connectivity index is 1.70. The van der Waals surface area contributed by atoms with Crippen molar-refractivity contribution in [3.05, 3.63) is 106 Å². The first-order valence-electron chi connectivity index (χ1n) is 10.3. The Kier molecular flexibility index (Phi) is 6.57. The van der Waals surface area contributed by atoms with Gasteiger partial charge in [0.05, 0.1) is 5.25 Å². The fourth-order valence-corrected chi connectivity index (χ4v) is 4.77. The highest BCUT2D eigenvalue weighted by Gasteiger charge is 2.40. The van der Waals surface area contributed by atoms with Gasteiger partial charge >= 0.3 is 0 Å². The lowest BCUT2D eigenvalue weighted by molar-refractivity contribution is -0.117. The van der Waals surface area contributed by atoms with E-state index < -0.39 is 17.0 Å². The third-order valence-corrected chi connectivity index (χ3v) is 6.43. The highest BCUT2D eigenvalue weighted by Crippen LogP contribution is 2.42. The molecule has 1 unspecified atom stereocenters. The number of halogens is 1. The summed E-state index contributed by atoms with van der Waals surface area (Å²) in [5, 5.41) is 12.3. The second-order valence-corrected chi connectivity index (χ2v) is 8.75. The van der Waals surface area contributed by atoms with Gasteiger partial charge in [-0.2, -0.15) is 5.26 Å². The van der Waals surface area contributed by atoms with Crippen molar-refractivity contribution in [3.63, 3.8) is 0 Å². The number of nitriles is 1. The van der Waals surface area contributed by atoms with Crippen molar-refractivity contribution in [2.45, 2.75) is 18.6 Å². The Bertz CT molecular complexity index is 1250. The standard InChI is InChI=1S/C26H20FN3O2S/c1-17-7-9-18(10-8-17)15-23-25(32)30(21-5-3-2-4-6-21)26(33-23)22(16-28)24(31)29-20-13-11-19(27)12-14-20/h2-14,23H,15H2,1H3,(H,29,31)/b26-22-. The van der Waals surface area contributed by atoms with Crippen LogP contribution >= 0.6 is 11.8 Å². The van der Waals surface area contributed by atoms with Gasteiger partial charge < -0.3 is 5.32 Å². The number of para-hydroxylation sites is 1. The number of carbonyl (C=O) groups is 2. The zero-order valence-electron chi connectivity index (χ0n) is 17.8. The fourth-order valence-electron chi connectivity index (χ4n) is 3.46. The van der Waals surface area contributed by atoms with Crippen molar-refractivity contribution in [2.75, 3.05) is 10.2 Å². The number of rotatable bonds is 5. The molecule has 0 spiro atoms. The van der Waals surface area contributed by atoms with Crippen molar-refractivity contribution in [1.29, 1.82) is 5.26 Å². The van der Waals surface area contributed by atoms with Gasteiger partial charge in [0.1, 0.15) is 22.5 Å². The molecule has 1 heterocycles. The zero-order valence-corrected chi connectivity index (χ0v) is 18.6. The van der Waals surface area contributed by atoms with Crippen molar-refractivity contribution in [3.8, 4) is 6.07 Å². The number of anilines is 2. The van der Waals surface area contributed by atoms with E-state index in [2.05, 4.69) is 5.32 Å². The lowest BCUT2D eigenvalue weighted by atomic mass is 10.1. The molecule has 0 bridgehead atoms. The largest absolute Gasteiger partial charge is 0.321 e. The Morgan fingerprint density at radius 2 is 1.73 bits per heavy atom. The highest BCUT2D eigenvalue weighted by molar-refractivity contribution is 8.05. The molecule has 0 radical (unpaired) electrons. The minimum atomic E-state index is -0.656. The van der Waals surface area contributed by atoms with E-state index in [0.29, 0.717) is 17.8 Å². The second kappa shape index (κ2) is 9.72. The molecule has 1 aliphatic heterocycles. The van der Waals surface area contributed by atoms with Crippen LogP contribution in [0.4, 0.5) is 15.8 Å².